The van der Waals surface area contributed by atoms with Gasteiger partial charge in [0.05, 0.1) is 5.25 Å². The molecule has 1 N–H and O–H groups in total. The smallest absolute Gasteiger partial charge is 0.264 e. The van der Waals surface area contributed by atoms with Crippen molar-refractivity contribution in [3.8, 4) is 6.07 Å². The highest BCUT2D eigenvalue weighted by Gasteiger charge is 2.40. The molecule has 1 heterocycles. The van der Waals surface area contributed by atoms with Crippen molar-refractivity contribution in [1.29, 1.82) is 5.26 Å². The minimum atomic E-state index is -0.510. The van der Waals surface area contributed by atoms with Gasteiger partial charge in [0.2, 0.25) is 5.91 Å². The topological polar surface area (TPSA) is 73.2 Å². The summed E-state index contributed by atoms with van der Waals surface area (Å²) in [5.41, 5.74) is 1.55. The quantitative estimate of drug-likeness (QED) is 0.479. The van der Waals surface area contributed by atoms with Crippen molar-refractivity contribution in [3.63, 3.8) is 0 Å². The van der Waals surface area contributed by atoms with Gasteiger partial charge in [0, 0.05) is 21.7 Å². The Morgan fingerprint density at radius 2 is 1.71 bits per heavy atom. The van der Waals surface area contributed by atoms with Gasteiger partial charge in [-0.05, 0) is 48.4 Å². The maximum absolute atomic E-state index is 13.2. The van der Waals surface area contributed by atoms with E-state index in [1.807, 2.05) is 42.5 Å². The Balaban J connectivity index is 2.03. The van der Waals surface area contributed by atoms with E-state index in [-0.39, 0.29) is 11.5 Å². The third kappa shape index (κ3) is 4.32. The standard InChI is InChI=1S/C20H15Br2N3O2S/c1-24-18(26)16(11-23)20-25(15-8-6-14(22)7-9-15)19(27)17(28-20)10-12-2-4-13(21)5-3-12/h2-9,17H,10H2,1H3,(H,24,26)/b20-16-/t17-/m0/s1. The summed E-state index contributed by atoms with van der Waals surface area (Å²) in [5.74, 6) is -0.661. The van der Waals surface area contributed by atoms with E-state index in [0.717, 1.165) is 14.5 Å². The maximum atomic E-state index is 13.2. The molecule has 1 aliphatic rings. The van der Waals surface area contributed by atoms with E-state index in [2.05, 4.69) is 37.2 Å². The van der Waals surface area contributed by atoms with Crippen molar-refractivity contribution in [3.05, 3.63) is 73.6 Å². The number of halogens is 2. The molecule has 5 nitrogen and oxygen atoms in total. The zero-order chi connectivity index (χ0) is 20.3. The first-order valence-electron chi connectivity index (χ1n) is 8.31. The van der Waals surface area contributed by atoms with Crippen LogP contribution in [0.15, 0.2) is 68.1 Å². The van der Waals surface area contributed by atoms with Crippen LogP contribution in [-0.2, 0) is 16.0 Å². The van der Waals surface area contributed by atoms with Crippen molar-refractivity contribution in [2.75, 3.05) is 11.9 Å². The van der Waals surface area contributed by atoms with E-state index in [4.69, 9.17) is 0 Å². The number of nitrogens with one attached hydrogen (secondary N) is 1. The molecule has 3 rings (SSSR count). The fourth-order valence-electron chi connectivity index (χ4n) is 2.77. The zero-order valence-electron chi connectivity index (χ0n) is 14.8. The van der Waals surface area contributed by atoms with Crippen LogP contribution in [-0.4, -0.2) is 24.1 Å². The lowest BCUT2D eigenvalue weighted by atomic mass is 10.1. The van der Waals surface area contributed by atoms with Gasteiger partial charge in [0.1, 0.15) is 16.7 Å². The molecule has 2 aromatic carbocycles. The summed E-state index contributed by atoms with van der Waals surface area (Å²) in [4.78, 5) is 26.9. The number of carbonyl (C=O) groups is 2. The molecule has 142 valence electrons. The molecular formula is C20H15Br2N3O2S. The van der Waals surface area contributed by atoms with E-state index in [1.165, 1.54) is 23.7 Å². The summed E-state index contributed by atoms with van der Waals surface area (Å²) in [6.07, 6.45) is 0.500. The van der Waals surface area contributed by atoms with Crippen LogP contribution in [0.1, 0.15) is 5.56 Å². The van der Waals surface area contributed by atoms with Crippen LogP contribution in [0.3, 0.4) is 0 Å². The summed E-state index contributed by atoms with van der Waals surface area (Å²) >= 11 is 8.04. The highest BCUT2D eigenvalue weighted by molar-refractivity contribution is 9.10. The summed E-state index contributed by atoms with van der Waals surface area (Å²) in [6, 6.07) is 16.9. The molecule has 1 saturated heterocycles. The van der Waals surface area contributed by atoms with Gasteiger partial charge in [0.25, 0.3) is 5.91 Å². The Morgan fingerprint density at radius 3 is 2.25 bits per heavy atom. The Hall–Kier alpha value is -2.08. The first-order valence-corrected chi connectivity index (χ1v) is 10.8. The molecule has 1 fully saturated rings. The summed E-state index contributed by atoms with van der Waals surface area (Å²) in [7, 11) is 1.46. The van der Waals surface area contributed by atoms with E-state index in [1.54, 1.807) is 12.1 Å². The number of carbonyl (C=O) groups excluding carboxylic acids is 2. The molecule has 2 amide bonds. The van der Waals surface area contributed by atoms with E-state index in [9.17, 15) is 14.9 Å². The van der Waals surface area contributed by atoms with E-state index >= 15 is 0 Å². The number of nitriles is 1. The van der Waals surface area contributed by atoms with Gasteiger partial charge in [0.15, 0.2) is 0 Å². The van der Waals surface area contributed by atoms with Crippen LogP contribution >= 0.6 is 43.6 Å². The van der Waals surface area contributed by atoms with Crippen molar-refractivity contribution in [2.24, 2.45) is 0 Å². The van der Waals surface area contributed by atoms with Gasteiger partial charge in [-0.3, -0.25) is 14.5 Å². The summed E-state index contributed by atoms with van der Waals surface area (Å²) in [6.45, 7) is 0. The molecule has 2 aromatic rings. The number of amides is 2. The first kappa shape index (κ1) is 20.6. The number of benzene rings is 2. The molecule has 0 aliphatic carbocycles. The second-order valence-corrected chi connectivity index (χ2v) is 8.98. The van der Waals surface area contributed by atoms with Gasteiger partial charge in [-0.2, -0.15) is 5.26 Å². The molecule has 0 aromatic heterocycles. The highest BCUT2D eigenvalue weighted by Crippen LogP contribution is 2.42. The molecule has 8 heteroatoms. The zero-order valence-corrected chi connectivity index (χ0v) is 18.8. The van der Waals surface area contributed by atoms with Crippen LogP contribution in [0.25, 0.3) is 0 Å². The second-order valence-electron chi connectivity index (χ2n) is 5.96. The molecule has 1 atom stereocenters. The van der Waals surface area contributed by atoms with Crippen molar-refractivity contribution >= 4 is 61.1 Å². The third-order valence-corrected chi connectivity index (χ3v) is 6.47. The Morgan fingerprint density at radius 1 is 1.14 bits per heavy atom. The van der Waals surface area contributed by atoms with Crippen LogP contribution in [0.4, 0.5) is 5.69 Å². The monoisotopic (exact) mass is 519 g/mol. The lowest BCUT2D eigenvalue weighted by Crippen LogP contribution is -2.31. The molecule has 0 saturated carbocycles. The van der Waals surface area contributed by atoms with Crippen molar-refractivity contribution < 1.29 is 9.59 Å². The first-order chi connectivity index (χ1) is 13.4. The number of hydrogen-bond acceptors (Lipinski definition) is 4. The molecule has 0 radical (unpaired) electrons. The fourth-order valence-corrected chi connectivity index (χ4v) is 4.61. The van der Waals surface area contributed by atoms with Gasteiger partial charge < -0.3 is 5.32 Å². The van der Waals surface area contributed by atoms with Gasteiger partial charge in [-0.25, -0.2) is 0 Å². The fraction of sp³-hybridized carbons (Fsp3) is 0.150. The highest BCUT2D eigenvalue weighted by atomic mass is 79.9. The predicted molar refractivity (Wildman–Crippen MR) is 118 cm³/mol. The maximum Gasteiger partial charge on any atom is 0.264 e. The number of anilines is 1. The lowest BCUT2D eigenvalue weighted by Gasteiger charge is -2.18. The minimum Gasteiger partial charge on any atom is -0.354 e. The van der Waals surface area contributed by atoms with Crippen LogP contribution in [0.5, 0.6) is 0 Å². The Labute approximate surface area is 184 Å². The number of nitrogens with zero attached hydrogens (tertiary/aromatic N) is 2. The normalized spacial score (nSPS) is 18.0. The van der Waals surface area contributed by atoms with E-state index in [0.29, 0.717) is 17.1 Å². The Kier molecular flexibility index (Phi) is 6.60. The summed E-state index contributed by atoms with van der Waals surface area (Å²) in [5, 5.41) is 12.0. The number of likely N-dealkylation sites (N-methyl/N-ethyl adjacent to an activating group) is 1. The largest absolute Gasteiger partial charge is 0.354 e. The lowest BCUT2D eigenvalue weighted by molar-refractivity contribution is -0.117. The number of rotatable bonds is 4. The molecular weight excluding hydrogens is 506 g/mol. The molecule has 0 spiro atoms. The Bertz CT molecular complexity index is 982. The number of hydrogen-bond donors (Lipinski definition) is 1. The summed E-state index contributed by atoms with van der Waals surface area (Å²) < 4.78 is 1.84. The van der Waals surface area contributed by atoms with E-state index < -0.39 is 11.2 Å². The van der Waals surface area contributed by atoms with Gasteiger partial charge in [-0.15, -0.1) is 0 Å². The average Bonchev–Trinajstić information content (AvgIpc) is 3.00. The van der Waals surface area contributed by atoms with Gasteiger partial charge in [-0.1, -0.05) is 55.8 Å². The minimum absolute atomic E-state index is 0.0675. The SMILES string of the molecule is CNC(=O)/C(C#N)=C1\S[C@@H](Cc2ccc(Br)cc2)C(=O)N1c1ccc(Br)cc1. The predicted octanol–water partition coefficient (Wildman–Crippen LogP) is 4.38. The van der Waals surface area contributed by atoms with Crippen molar-refractivity contribution in [1.82, 2.24) is 5.32 Å². The number of thioether (sulfide) groups is 1. The average molecular weight is 521 g/mol. The van der Waals surface area contributed by atoms with Crippen LogP contribution in [0, 0.1) is 11.3 Å². The molecule has 0 unspecified atom stereocenters. The molecule has 28 heavy (non-hydrogen) atoms. The molecule has 1 aliphatic heterocycles. The van der Waals surface area contributed by atoms with Crippen molar-refractivity contribution in [2.45, 2.75) is 11.7 Å². The van der Waals surface area contributed by atoms with Crippen LogP contribution in [0.2, 0.25) is 0 Å². The third-order valence-electron chi connectivity index (χ3n) is 4.15. The molecule has 0 bridgehead atoms. The second kappa shape index (κ2) is 8.95. The van der Waals surface area contributed by atoms with Crippen LogP contribution < -0.4 is 10.2 Å². The van der Waals surface area contributed by atoms with Gasteiger partial charge >= 0.3 is 0 Å².